The second-order valence-corrected chi connectivity index (χ2v) is 10.2. The molecule has 2 heterocycles. The van der Waals surface area contributed by atoms with E-state index in [-0.39, 0.29) is 5.91 Å². The first-order valence-electron chi connectivity index (χ1n) is 12.8. The zero-order chi connectivity index (χ0) is 28.2. The Morgan fingerprint density at radius 2 is 1.85 bits per heavy atom. The number of nitrogens with zero attached hydrogens (tertiary/aromatic N) is 3. The predicted octanol–water partition coefficient (Wildman–Crippen LogP) is 3.55. The molecule has 212 valence electrons. The van der Waals surface area contributed by atoms with Crippen molar-refractivity contribution in [2.45, 2.75) is 4.90 Å². The van der Waals surface area contributed by atoms with Crippen molar-refractivity contribution in [3.63, 3.8) is 0 Å². The molecule has 1 aliphatic rings. The monoisotopic (exact) mass is 566 g/mol. The van der Waals surface area contributed by atoms with Gasteiger partial charge >= 0.3 is 0 Å². The van der Waals surface area contributed by atoms with E-state index in [0.29, 0.717) is 47.8 Å². The van der Waals surface area contributed by atoms with Gasteiger partial charge in [0, 0.05) is 56.1 Å². The van der Waals surface area contributed by atoms with Crippen LogP contribution in [0.5, 0.6) is 5.75 Å². The summed E-state index contributed by atoms with van der Waals surface area (Å²) in [6.45, 7) is 4.84. The molecule has 0 spiro atoms. The molecule has 1 amide bonds. The lowest BCUT2D eigenvalue weighted by atomic mass is 10.2. The van der Waals surface area contributed by atoms with Gasteiger partial charge in [0.05, 0.1) is 41.7 Å². The number of carbonyl (C=O) groups excluding carboxylic acids is 1. The van der Waals surface area contributed by atoms with E-state index in [1.807, 2.05) is 42.5 Å². The third-order valence-corrected chi connectivity index (χ3v) is 6.78. The third kappa shape index (κ3) is 9.12. The molecule has 1 aromatic heterocycles. The number of hydrogen-bond donors (Lipinski definition) is 3. The Hall–Kier alpha value is -3.84. The number of amides is 1. The summed E-state index contributed by atoms with van der Waals surface area (Å²) in [6.07, 6.45) is 6.48. The maximum absolute atomic E-state index is 12.4. The SMILES string of the molecule is COCCOc1ccc(Nc2ncc(S(C)=O)c(Nc3cccc(NC(=O)C=CCN4CCOCC4)c3)n2)cc1. The number of benzene rings is 2. The smallest absolute Gasteiger partial charge is 0.248 e. The summed E-state index contributed by atoms with van der Waals surface area (Å²) in [4.78, 5) is 24.0. The van der Waals surface area contributed by atoms with Crippen LogP contribution in [0.2, 0.25) is 0 Å². The zero-order valence-corrected chi connectivity index (χ0v) is 23.4. The van der Waals surface area contributed by atoms with Crippen molar-refractivity contribution in [1.29, 1.82) is 0 Å². The van der Waals surface area contributed by atoms with Gasteiger partial charge in [0.25, 0.3) is 0 Å². The maximum Gasteiger partial charge on any atom is 0.248 e. The molecule has 4 rings (SSSR count). The summed E-state index contributed by atoms with van der Waals surface area (Å²) in [5.41, 5.74) is 2.05. The van der Waals surface area contributed by atoms with E-state index in [4.69, 9.17) is 14.2 Å². The van der Waals surface area contributed by atoms with Gasteiger partial charge in [-0.3, -0.25) is 13.9 Å². The van der Waals surface area contributed by atoms with Crippen LogP contribution in [0.1, 0.15) is 0 Å². The second kappa shape index (κ2) is 15.1. The highest BCUT2D eigenvalue weighted by atomic mass is 32.2. The van der Waals surface area contributed by atoms with E-state index in [2.05, 4.69) is 30.8 Å². The van der Waals surface area contributed by atoms with E-state index >= 15 is 0 Å². The van der Waals surface area contributed by atoms with Crippen LogP contribution in [-0.2, 0) is 25.1 Å². The first-order chi connectivity index (χ1) is 19.5. The van der Waals surface area contributed by atoms with Crippen molar-refractivity contribution >= 4 is 45.5 Å². The third-order valence-electron chi connectivity index (χ3n) is 5.86. The number of ether oxygens (including phenoxy) is 3. The summed E-state index contributed by atoms with van der Waals surface area (Å²) in [5, 5.41) is 9.25. The topological polar surface area (TPSA) is 127 Å². The van der Waals surface area contributed by atoms with E-state index in [0.717, 1.165) is 37.7 Å². The summed E-state index contributed by atoms with van der Waals surface area (Å²) in [7, 11) is 0.296. The first kappa shape index (κ1) is 29.2. The standard InChI is InChI=1S/C28H34N6O5S/c1-37-17-18-39-24-10-8-21(9-11-24)32-28-29-20-25(40(2)36)27(33-28)31-23-6-3-5-22(19-23)30-26(35)7-4-12-34-13-15-38-16-14-34/h3-11,19-20H,12-18H2,1-2H3,(H,30,35)(H2,29,31,32,33). The Labute approximate surface area is 236 Å². The minimum Gasteiger partial charge on any atom is -0.491 e. The van der Waals surface area contributed by atoms with Gasteiger partial charge in [-0.2, -0.15) is 4.98 Å². The first-order valence-corrected chi connectivity index (χ1v) is 14.4. The van der Waals surface area contributed by atoms with E-state index in [1.54, 1.807) is 25.5 Å². The van der Waals surface area contributed by atoms with Crippen molar-refractivity contribution in [1.82, 2.24) is 14.9 Å². The van der Waals surface area contributed by atoms with Crippen LogP contribution in [-0.4, -0.2) is 84.4 Å². The Balaban J connectivity index is 1.39. The van der Waals surface area contributed by atoms with Crippen LogP contribution in [0.15, 0.2) is 71.8 Å². The molecular formula is C28H34N6O5S. The molecule has 3 aromatic rings. The minimum absolute atomic E-state index is 0.218. The van der Waals surface area contributed by atoms with Crippen LogP contribution in [0.4, 0.5) is 28.8 Å². The van der Waals surface area contributed by atoms with Crippen molar-refractivity contribution < 1.29 is 23.2 Å². The number of methoxy groups -OCH3 is 1. The van der Waals surface area contributed by atoms with Gasteiger partial charge in [0.1, 0.15) is 12.4 Å². The number of carbonyl (C=O) groups is 1. The van der Waals surface area contributed by atoms with Crippen molar-refractivity contribution in [3.05, 3.63) is 66.9 Å². The molecular weight excluding hydrogens is 532 g/mol. The highest BCUT2D eigenvalue weighted by Gasteiger charge is 2.12. The van der Waals surface area contributed by atoms with E-state index in [1.165, 1.54) is 12.3 Å². The Morgan fingerprint density at radius 3 is 2.60 bits per heavy atom. The minimum atomic E-state index is -1.33. The van der Waals surface area contributed by atoms with Crippen molar-refractivity contribution in [2.24, 2.45) is 0 Å². The lowest BCUT2D eigenvalue weighted by Crippen LogP contribution is -2.36. The molecule has 40 heavy (non-hydrogen) atoms. The largest absolute Gasteiger partial charge is 0.491 e. The number of nitrogens with one attached hydrogen (secondary N) is 3. The molecule has 3 N–H and O–H groups in total. The lowest BCUT2D eigenvalue weighted by molar-refractivity contribution is -0.111. The van der Waals surface area contributed by atoms with Crippen LogP contribution in [0, 0.1) is 0 Å². The normalized spacial score (nSPS) is 14.6. The number of aromatic nitrogens is 2. The Kier molecular flexibility index (Phi) is 11.0. The molecule has 0 radical (unpaired) electrons. The van der Waals surface area contributed by atoms with Gasteiger partial charge in [-0.1, -0.05) is 12.1 Å². The van der Waals surface area contributed by atoms with Crippen LogP contribution < -0.4 is 20.7 Å². The zero-order valence-electron chi connectivity index (χ0n) is 22.6. The number of hydrogen-bond acceptors (Lipinski definition) is 10. The highest BCUT2D eigenvalue weighted by molar-refractivity contribution is 7.84. The second-order valence-electron chi connectivity index (χ2n) is 8.86. The average molecular weight is 567 g/mol. The van der Waals surface area contributed by atoms with Gasteiger partial charge in [-0.15, -0.1) is 0 Å². The molecule has 1 atom stereocenters. The van der Waals surface area contributed by atoms with Crippen molar-refractivity contribution in [3.8, 4) is 5.75 Å². The number of anilines is 5. The van der Waals surface area contributed by atoms with Gasteiger partial charge < -0.3 is 30.2 Å². The fourth-order valence-electron chi connectivity index (χ4n) is 3.83. The summed E-state index contributed by atoms with van der Waals surface area (Å²) in [5.74, 6) is 1.23. The summed E-state index contributed by atoms with van der Waals surface area (Å²) >= 11 is 0. The average Bonchev–Trinajstić information content (AvgIpc) is 2.95. The van der Waals surface area contributed by atoms with Crippen LogP contribution in [0.3, 0.4) is 0 Å². The van der Waals surface area contributed by atoms with E-state index in [9.17, 15) is 9.00 Å². The Morgan fingerprint density at radius 1 is 1.07 bits per heavy atom. The number of morpholine rings is 1. The molecule has 0 aliphatic carbocycles. The summed E-state index contributed by atoms with van der Waals surface area (Å²) in [6, 6.07) is 14.6. The number of rotatable bonds is 13. The molecule has 1 unspecified atom stereocenters. The lowest BCUT2D eigenvalue weighted by Gasteiger charge is -2.25. The summed E-state index contributed by atoms with van der Waals surface area (Å²) < 4.78 is 28.3. The fraction of sp³-hybridized carbons (Fsp3) is 0.321. The van der Waals surface area contributed by atoms with Crippen LogP contribution >= 0.6 is 0 Å². The van der Waals surface area contributed by atoms with Gasteiger partial charge in [-0.05, 0) is 42.5 Å². The molecule has 12 heteroatoms. The Bertz CT molecular complexity index is 1310. The van der Waals surface area contributed by atoms with Gasteiger partial charge in [0.2, 0.25) is 11.9 Å². The van der Waals surface area contributed by atoms with Gasteiger partial charge in [-0.25, -0.2) is 4.98 Å². The molecule has 0 bridgehead atoms. The van der Waals surface area contributed by atoms with Crippen molar-refractivity contribution in [2.75, 3.05) is 75.4 Å². The molecule has 0 saturated carbocycles. The molecule has 1 aliphatic heterocycles. The quantitative estimate of drug-likeness (QED) is 0.209. The molecule has 2 aromatic carbocycles. The van der Waals surface area contributed by atoms with E-state index < -0.39 is 10.8 Å². The molecule has 1 fully saturated rings. The molecule has 1 saturated heterocycles. The molecule has 11 nitrogen and oxygen atoms in total. The van der Waals surface area contributed by atoms with Crippen LogP contribution in [0.25, 0.3) is 0 Å². The highest BCUT2D eigenvalue weighted by Crippen LogP contribution is 2.25. The fourth-order valence-corrected chi connectivity index (χ4v) is 4.40. The predicted molar refractivity (Wildman–Crippen MR) is 156 cm³/mol. The maximum atomic E-state index is 12.4. The van der Waals surface area contributed by atoms with Gasteiger partial charge in [0.15, 0.2) is 5.82 Å².